The number of benzene rings is 6. The van der Waals surface area contributed by atoms with E-state index in [2.05, 4.69) is 211 Å². The van der Waals surface area contributed by atoms with Crippen LogP contribution in [0, 0.1) is 0 Å². The molecule has 0 saturated carbocycles. The van der Waals surface area contributed by atoms with Gasteiger partial charge in [-0.15, -0.1) is 0 Å². The Hall–Kier alpha value is -8.24. The minimum atomic E-state index is -0.410. The molecule has 528 valence electrons. The van der Waals surface area contributed by atoms with E-state index in [4.69, 9.17) is 28.4 Å². The summed E-state index contributed by atoms with van der Waals surface area (Å²) in [5, 5.41) is 0. The highest BCUT2D eigenvalue weighted by Crippen LogP contribution is 2.47. The first kappa shape index (κ1) is 73.0. The second-order valence-electron chi connectivity index (χ2n) is 34.9. The predicted molar refractivity (Wildman–Crippen MR) is 403 cm³/mol. The largest absolute Gasteiger partial charge is 0.493 e. The minimum absolute atomic E-state index is 0.0538. The smallest absolute Gasteiger partial charge is 0.185 e. The summed E-state index contributed by atoms with van der Waals surface area (Å²) in [6, 6.07) is 27.1. The summed E-state index contributed by atoms with van der Waals surface area (Å²) in [6.45, 7) is 45.8. The van der Waals surface area contributed by atoms with Crippen LogP contribution in [0.2, 0.25) is 0 Å². The van der Waals surface area contributed by atoms with Gasteiger partial charge in [0.1, 0.15) is 60.9 Å². The number of rotatable bonds is 6. The van der Waals surface area contributed by atoms with Crippen LogP contribution in [0.25, 0.3) is 0 Å². The summed E-state index contributed by atoms with van der Waals surface area (Å²) in [5.74, 6) is 3.10. The monoisotopic (exact) mass is 1350 g/mol. The molecule has 2 heterocycles. The zero-order valence-corrected chi connectivity index (χ0v) is 63.6. The van der Waals surface area contributed by atoms with Crippen LogP contribution in [0.1, 0.15) is 251 Å². The fraction of sp³-hybridized carbons (Fsp3) is 0.467. The maximum absolute atomic E-state index is 15.5. The van der Waals surface area contributed by atoms with Crippen molar-refractivity contribution in [1.82, 2.24) is 0 Å². The molecular formula is C90H108O10. The molecule has 2 aliphatic heterocycles. The number of hydrogen-bond donors (Lipinski definition) is 0. The van der Waals surface area contributed by atoms with Crippen LogP contribution in [0.3, 0.4) is 0 Å². The second kappa shape index (κ2) is 27.9. The molecule has 0 atom stereocenters. The maximum Gasteiger partial charge on any atom is 0.185 e. The molecule has 12 rings (SSSR count). The third-order valence-corrected chi connectivity index (χ3v) is 20.2. The number of ether oxygens (including phenoxy) is 6. The Labute approximate surface area is 596 Å². The van der Waals surface area contributed by atoms with Crippen LogP contribution in [0.15, 0.2) is 119 Å². The lowest BCUT2D eigenvalue weighted by Crippen LogP contribution is -2.23. The molecule has 0 saturated heterocycles. The third-order valence-electron chi connectivity index (χ3n) is 20.2. The SMILES string of the molecule is CCCOc1c2cc(C(C)(C)C)cc1Cc1cc(C(C)(C)C)cc3c1OCCOc1c4cc(C(C)(C)C)cc1CC1=CC(=O)C=C(Cc5cc(C(C)(C)C)cc(c5OCCOc5c(cc(C(C)(C)C)cc5Cc5cc(C(C)(C)C)cc(c5OCCC)C3)C2)CC2=CC(=O)C=C(C4)C2=O)C1=O. The molecule has 20 bridgehead atoms. The molecule has 0 radical (unpaired) electrons. The van der Waals surface area contributed by atoms with Crippen LogP contribution in [0.5, 0.6) is 34.5 Å². The highest BCUT2D eigenvalue weighted by molar-refractivity contribution is 6.21. The summed E-state index contributed by atoms with van der Waals surface area (Å²) < 4.78 is 43.8. The van der Waals surface area contributed by atoms with E-state index >= 15 is 9.59 Å². The maximum atomic E-state index is 15.5. The van der Waals surface area contributed by atoms with Gasteiger partial charge in [-0.2, -0.15) is 0 Å². The zero-order valence-electron chi connectivity index (χ0n) is 63.6. The third kappa shape index (κ3) is 16.1. The van der Waals surface area contributed by atoms with Gasteiger partial charge >= 0.3 is 0 Å². The van der Waals surface area contributed by atoms with E-state index in [-0.39, 0.29) is 96.9 Å². The van der Waals surface area contributed by atoms with Gasteiger partial charge in [-0.3, -0.25) is 19.2 Å². The molecule has 10 nitrogen and oxygen atoms in total. The summed E-state index contributed by atoms with van der Waals surface area (Å²) in [6.07, 6.45) is 9.58. The van der Waals surface area contributed by atoms with Crippen molar-refractivity contribution >= 4 is 23.1 Å². The van der Waals surface area contributed by atoms with Crippen LogP contribution in [-0.2, 0) is 103 Å². The molecule has 0 fully saturated rings. The van der Waals surface area contributed by atoms with Crippen molar-refractivity contribution in [3.05, 3.63) is 220 Å². The number of Topliss-reactive ketones (excluding diaryl/α,β-unsaturated/α-hetero) is 2. The molecule has 4 aliphatic carbocycles. The molecular weight excluding hydrogens is 1240 g/mol. The molecule has 0 spiro atoms. The number of hydrogen-bond acceptors (Lipinski definition) is 10. The molecule has 0 N–H and O–H groups in total. The average Bonchev–Trinajstić information content (AvgIpc) is 0.767. The van der Waals surface area contributed by atoms with Crippen molar-refractivity contribution in [2.45, 2.75) is 235 Å². The first-order valence-corrected chi connectivity index (χ1v) is 36.6. The van der Waals surface area contributed by atoms with Crippen LogP contribution >= 0.6 is 0 Å². The number of carbonyl (C=O) groups excluding carboxylic acids is 4. The van der Waals surface area contributed by atoms with Crippen LogP contribution in [-0.4, -0.2) is 62.8 Å². The van der Waals surface area contributed by atoms with Crippen molar-refractivity contribution in [3.8, 4) is 34.5 Å². The van der Waals surface area contributed by atoms with E-state index in [1.165, 1.54) is 35.4 Å². The first-order chi connectivity index (χ1) is 46.8. The Morgan fingerprint density at radius 2 is 0.460 bits per heavy atom. The van der Waals surface area contributed by atoms with Gasteiger partial charge in [0, 0.05) is 73.7 Å². The van der Waals surface area contributed by atoms with Crippen molar-refractivity contribution in [1.29, 1.82) is 0 Å². The molecule has 6 aliphatic rings. The number of carbonyl (C=O) groups is 4. The number of fused-ring (bicyclic) bond motifs is 8. The standard InChI is InChI=1S/C90H108O10/c1-21-23-95-79-61-33-65-45-73(89(15,16)17)47-67-35-63-43-72(88(12,13)14)44-64(80(63)96-24-22-2)36-68-48-74(90(18,19)20)46-66(34-62(79)42-71(41-61)87(9,10)11)84(68)100-28-26-98-82-59-31-55-51-75(91)49-53(77(55)93)29-57-37-69(85(3,4)5)38-58(81(57)97-25-27-99-83(65)67)30-54-50-76(92)52-56(78(54)94)32-60(82)40-70(39-59)86(6,7)8/h37-52H,21-36H2,1-20H3. The second-order valence-corrected chi connectivity index (χ2v) is 34.9. The summed E-state index contributed by atoms with van der Waals surface area (Å²) in [7, 11) is 0. The Morgan fingerprint density at radius 3 is 0.640 bits per heavy atom. The van der Waals surface area contributed by atoms with Gasteiger partial charge in [0.2, 0.25) is 0 Å². The topological polar surface area (TPSA) is 124 Å². The van der Waals surface area contributed by atoms with Crippen molar-refractivity contribution < 1.29 is 47.6 Å². The Balaban J connectivity index is 1.25. The van der Waals surface area contributed by atoms with E-state index in [0.29, 0.717) is 94.9 Å². The molecule has 6 aromatic carbocycles. The summed E-state index contributed by atoms with van der Waals surface area (Å²) in [5.41, 5.74) is 16.9. The van der Waals surface area contributed by atoms with Crippen LogP contribution < -0.4 is 28.4 Å². The Morgan fingerprint density at radius 1 is 0.280 bits per heavy atom. The lowest BCUT2D eigenvalue weighted by Gasteiger charge is -2.29. The minimum Gasteiger partial charge on any atom is -0.493 e. The van der Waals surface area contributed by atoms with Gasteiger partial charge < -0.3 is 28.4 Å². The summed E-state index contributed by atoms with van der Waals surface area (Å²) >= 11 is 0. The molecule has 10 heteroatoms. The van der Waals surface area contributed by atoms with E-state index in [1.54, 1.807) is 0 Å². The summed E-state index contributed by atoms with van der Waals surface area (Å²) in [4.78, 5) is 59.5. The molecule has 100 heavy (non-hydrogen) atoms. The van der Waals surface area contributed by atoms with E-state index in [9.17, 15) is 9.59 Å². The normalized spacial score (nSPS) is 16.5. The highest BCUT2D eigenvalue weighted by atomic mass is 16.5. The van der Waals surface area contributed by atoms with Crippen LogP contribution in [0.4, 0.5) is 0 Å². The van der Waals surface area contributed by atoms with Gasteiger partial charge in [-0.1, -0.05) is 211 Å². The molecule has 0 aromatic heterocycles. The van der Waals surface area contributed by atoms with E-state index in [0.717, 1.165) is 103 Å². The van der Waals surface area contributed by atoms with Gasteiger partial charge in [0.25, 0.3) is 0 Å². The van der Waals surface area contributed by atoms with Crippen molar-refractivity contribution in [2.75, 3.05) is 39.6 Å². The quantitative estimate of drug-likeness (QED) is 0.149. The number of allylic oxidation sites excluding steroid dienone is 8. The molecule has 0 unspecified atom stereocenters. The van der Waals surface area contributed by atoms with E-state index < -0.39 is 10.8 Å². The molecule has 6 aromatic rings. The van der Waals surface area contributed by atoms with Gasteiger partial charge in [-0.25, -0.2) is 0 Å². The zero-order chi connectivity index (χ0) is 72.3. The number of ketones is 4. The Kier molecular flexibility index (Phi) is 20.4. The first-order valence-electron chi connectivity index (χ1n) is 36.6. The fourth-order valence-electron chi connectivity index (χ4n) is 14.4. The highest BCUT2D eigenvalue weighted by Gasteiger charge is 2.35. The average molecular weight is 1350 g/mol. The van der Waals surface area contributed by atoms with Crippen molar-refractivity contribution in [2.24, 2.45) is 0 Å². The predicted octanol–water partition coefficient (Wildman–Crippen LogP) is 18.8. The molecule has 0 amide bonds. The van der Waals surface area contributed by atoms with Gasteiger partial charge in [0.05, 0.1) is 13.2 Å². The lowest BCUT2D eigenvalue weighted by atomic mass is 9.79. The van der Waals surface area contributed by atoms with Gasteiger partial charge in [-0.05, 0) is 170 Å². The van der Waals surface area contributed by atoms with Gasteiger partial charge in [0.15, 0.2) is 23.1 Å². The van der Waals surface area contributed by atoms with E-state index in [1.807, 2.05) is 0 Å². The Bertz CT molecular complexity index is 3920. The fourth-order valence-corrected chi connectivity index (χ4v) is 14.4. The van der Waals surface area contributed by atoms with Crippen molar-refractivity contribution in [3.63, 3.8) is 0 Å². The lowest BCUT2D eigenvalue weighted by molar-refractivity contribution is -0.115.